The van der Waals surface area contributed by atoms with Gasteiger partial charge < -0.3 is 15.0 Å². The van der Waals surface area contributed by atoms with Crippen molar-refractivity contribution in [1.82, 2.24) is 10.2 Å². The molecule has 1 fully saturated rings. The molecule has 3 rings (SSSR count). The van der Waals surface area contributed by atoms with Crippen LogP contribution in [0.1, 0.15) is 26.2 Å². The standard InChI is InChI=1S/C19H24N2O2/c1-2-14-21(16-10-12-20-13-11-16)19(22)23-18-9-5-7-15-6-3-4-8-17(15)18/h3-9,16,20H,2,10-14H2,1H3. The second kappa shape index (κ2) is 7.47. The number of hydrogen-bond acceptors (Lipinski definition) is 3. The van der Waals surface area contributed by atoms with Gasteiger partial charge in [-0.25, -0.2) is 4.79 Å². The number of nitrogens with zero attached hydrogens (tertiary/aromatic N) is 1. The number of benzene rings is 2. The first kappa shape index (κ1) is 15.8. The minimum atomic E-state index is -0.227. The normalized spacial score (nSPS) is 15.5. The number of amides is 1. The third kappa shape index (κ3) is 3.64. The van der Waals surface area contributed by atoms with Gasteiger partial charge in [-0.2, -0.15) is 0 Å². The molecule has 122 valence electrons. The number of hydrogen-bond donors (Lipinski definition) is 1. The molecule has 0 aliphatic carbocycles. The monoisotopic (exact) mass is 312 g/mol. The Morgan fingerprint density at radius 3 is 2.70 bits per heavy atom. The Hall–Kier alpha value is -2.07. The number of rotatable bonds is 4. The molecule has 0 bridgehead atoms. The zero-order valence-corrected chi connectivity index (χ0v) is 13.6. The average molecular weight is 312 g/mol. The number of fused-ring (bicyclic) bond motifs is 1. The van der Waals surface area contributed by atoms with Crippen molar-refractivity contribution in [2.24, 2.45) is 0 Å². The smallest absolute Gasteiger partial charge is 0.410 e. The van der Waals surface area contributed by atoms with Crippen molar-refractivity contribution in [2.45, 2.75) is 32.2 Å². The van der Waals surface area contributed by atoms with Gasteiger partial charge in [0.2, 0.25) is 0 Å². The van der Waals surface area contributed by atoms with Crippen molar-refractivity contribution < 1.29 is 9.53 Å². The van der Waals surface area contributed by atoms with Gasteiger partial charge in [-0.1, -0.05) is 43.3 Å². The zero-order chi connectivity index (χ0) is 16.1. The summed E-state index contributed by atoms with van der Waals surface area (Å²) in [6.07, 6.45) is 2.69. The summed E-state index contributed by atoms with van der Waals surface area (Å²) in [5, 5.41) is 5.41. The molecule has 0 radical (unpaired) electrons. The minimum Gasteiger partial charge on any atom is -0.410 e. The summed E-state index contributed by atoms with van der Waals surface area (Å²) in [5.41, 5.74) is 0. The summed E-state index contributed by atoms with van der Waals surface area (Å²) >= 11 is 0. The van der Waals surface area contributed by atoms with Crippen molar-refractivity contribution in [1.29, 1.82) is 0 Å². The Morgan fingerprint density at radius 1 is 1.17 bits per heavy atom. The zero-order valence-electron chi connectivity index (χ0n) is 13.6. The van der Waals surface area contributed by atoms with Crippen molar-refractivity contribution in [2.75, 3.05) is 19.6 Å². The van der Waals surface area contributed by atoms with E-state index in [0.29, 0.717) is 5.75 Å². The maximum Gasteiger partial charge on any atom is 0.415 e. The lowest BCUT2D eigenvalue weighted by Gasteiger charge is -2.33. The van der Waals surface area contributed by atoms with Crippen LogP contribution in [0.3, 0.4) is 0 Å². The first-order valence-electron chi connectivity index (χ1n) is 8.46. The van der Waals surface area contributed by atoms with E-state index >= 15 is 0 Å². The van der Waals surface area contributed by atoms with E-state index in [1.165, 1.54) is 0 Å². The highest BCUT2D eigenvalue weighted by molar-refractivity contribution is 5.90. The van der Waals surface area contributed by atoms with E-state index in [1.807, 2.05) is 47.4 Å². The van der Waals surface area contributed by atoms with Gasteiger partial charge in [0.05, 0.1) is 0 Å². The molecule has 1 amide bonds. The number of carbonyl (C=O) groups excluding carboxylic acids is 1. The van der Waals surface area contributed by atoms with Crippen molar-refractivity contribution in [3.63, 3.8) is 0 Å². The van der Waals surface area contributed by atoms with Crippen molar-refractivity contribution in [3.8, 4) is 5.75 Å². The first-order valence-corrected chi connectivity index (χ1v) is 8.46. The third-order valence-electron chi connectivity index (χ3n) is 4.40. The van der Waals surface area contributed by atoms with Crippen LogP contribution in [-0.2, 0) is 0 Å². The molecule has 0 atom stereocenters. The first-order chi connectivity index (χ1) is 11.3. The van der Waals surface area contributed by atoms with Gasteiger partial charge in [0.1, 0.15) is 5.75 Å². The molecule has 2 aromatic carbocycles. The van der Waals surface area contributed by atoms with Crippen LogP contribution in [0.15, 0.2) is 42.5 Å². The third-order valence-corrected chi connectivity index (χ3v) is 4.40. The maximum atomic E-state index is 12.7. The molecular formula is C19H24N2O2. The van der Waals surface area contributed by atoms with E-state index in [4.69, 9.17) is 4.74 Å². The van der Waals surface area contributed by atoms with Crippen LogP contribution < -0.4 is 10.1 Å². The summed E-state index contributed by atoms with van der Waals surface area (Å²) in [4.78, 5) is 14.6. The molecule has 1 saturated heterocycles. The molecule has 0 aromatic heterocycles. The molecule has 0 unspecified atom stereocenters. The quantitative estimate of drug-likeness (QED) is 0.933. The predicted octanol–water partition coefficient (Wildman–Crippen LogP) is 3.80. The van der Waals surface area contributed by atoms with Gasteiger partial charge in [0.15, 0.2) is 0 Å². The fraction of sp³-hybridized carbons (Fsp3) is 0.421. The highest BCUT2D eigenvalue weighted by Crippen LogP contribution is 2.26. The van der Waals surface area contributed by atoms with E-state index < -0.39 is 0 Å². The van der Waals surface area contributed by atoms with Gasteiger partial charge in [-0.05, 0) is 43.8 Å². The maximum absolute atomic E-state index is 12.7. The predicted molar refractivity (Wildman–Crippen MR) is 92.9 cm³/mol. The second-order valence-electron chi connectivity index (χ2n) is 6.02. The van der Waals surface area contributed by atoms with E-state index in [2.05, 4.69) is 12.2 Å². The second-order valence-corrected chi connectivity index (χ2v) is 6.02. The van der Waals surface area contributed by atoms with E-state index in [-0.39, 0.29) is 12.1 Å². The SMILES string of the molecule is CCCN(C(=O)Oc1cccc2ccccc12)C1CCNCC1. The summed E-state index contributed by atoms with van der Waals surface area (Å²) < 4.78 is 5.76. The molecule has 1 heterocycles. The van der Waals surface area contributed by atoms with E-state index in [9.17, 15) is 4.79 Å². The minimum absolute atomic E-state index is 0.227. The summed E-state index contributed by atoms with van der Waals surface area (Å²) in [7, 11) is 0. The van der Waals surface area contributed by atoms with Crippen LogP contribution in [0, 0.1) is 0 Å². The summed E-state index contributed by atoms with van der Waals surface area (Å²) in [5.74, 6) is 0.642. The van der Waals surface area contributed by atoms with Crippen LogP contribution in [0.4, 0.5) is 4.79 Å². The van der Waals surface area contributed by atoms with Gasteiger partial charge >= 0.3 is 6.09 Å². The lowest BCUT2D eigenvalue weighted by molar-refractivity contribution is 0.120. The number of nitrogens with one attached hydrogen (secondary N) is 1. The number of ether oxygens (including phenoxy) is 1. The lowest BCUT2D eigenvalue weighted by Crippen LogP contribution is -2.47. The molecule has 4 nitrogen and oxygen atoms in total. The molecule has 1 aliphatic heterocycles. The lowest BCUT2D eigenvalue weighted by atomic mass is 10.1. The highest BCUT2D eigenvalue weighted by atomic mass is 16.6. The van der Waals surface area contributed by atoms with Gasteiger partial charge in [-0.15, -0.1) is 0 Å². The molecular weight excluding hydrogens is 288 g/mol. The Balaban J connectivity index is 1.80. The van der Waals surface area contributed by atoms with Gasteiger partial charge in [0, 0.05) is 18.0 Å². The van der Waals surface area contributed by atoms with Crippen LogP contribution in [0.25, 0.3) is 10.8 Å². The average Bonchev–Trinajstić information content (AvgIpc) is 2.60. The Morgan fingerprint density at radius 2 is 1.91 bits per heavy atom. The fourth-order valence-electron chi connectivity index (χ4n) is 3.22. The number of piperidine rings is 1. The molecule has 1 N–H and O–H groups in total. The molecule has 1 aliphatic rings. The molecule has 0 saturated carbocycles. The van der Waals surface area contributed by atoms with Crippen LogP contribution >= 0.6 is 0 Å². The van der Waals surface area contributed by atoms with Gasteiger partial charge in [0.25, 0.3) is 0 Å². The van der Waals surface area contributed by atoms with E-state index in [0.717, 1.165) is 49.7 Å². The Labute approximate surface area is 137 Å². The number of carbonyl (C=O) groups is 1. The molecule has 2 aromatic rings. The molecule has 4 heteroatoms. The van der Waals surface area contributed by atoms with Crippen LogP contribution in [0.5, 0.6) is 5.75 Å². The molecule has 0 spiro atoms. The Bertz CT molecular complexity index is 660. The van der Waals surface area contributed by atoms with Crippen LogP contribution in [0.2, 0.25) is 0 Å². The summed E-state index contributed by atoms with van der Waals surface area (Å²) in [6, 6.07) is 14.1. The largest absolute Gasteiger partial charge is 0.415 e. The van der Waals surface area contributed by atoms with Gasteiger partial charge in [-0.3, -0.25) is 0 Å². The Kier molecular flexibility index (Phi) is 5.13. The molecule has 23 heavy (non-hydrogen) atoms. The highest BCUT2D eigenvalue weighted by Gasteiger charge is 2.26. The topological polar surface area (TPSA) is 41.6 Å². The van der Waals surface area contributed by atoms with E-state index in [1.54, 1.807) is 0 Å². The fourth-order valence-corrected chi connectivity index (χ4v) is 3.22. The van der Waals surface area contributed by atoms with Crippen LogP contribution in [-0.4, -0.2) is 36.7 Å². The van der Waals surface area contributed by atoms with Crippen molar-refractivity contribution in [3.05, 3.63) is 42.5 Å². The van der Waals surface area contributed by atoms with Crippen molar-refractivity contribution >= 4 is 16.9 Å². The summed E-state index contributed by atoms with van der Waals surface area (Å²) in [6.45, 7) is 4.77.